The highest BCUT2D eigenvalue weighted by Crippen LogP contribution is 2.14. The third kappa shape index (κ3) is 6.30. The fraction of sp³-hybridized carbons (Fsp3) is 0.350. The highest BCUT2D eigenvalue weighted by molar-refractivity contribution is 7.80. The Kier molecular flexibility index (Phi) is 8.28. The topological polar surface area (TPSA) is 24.5 Å². The minimum absolute atomic E-state index is 0.762. The van der Waals surface area contributed by atoms with Crippen LogP contribution in [0.25, 0.3) is 0 Å². The Morgan fingerprint density at radius 2 is 1.71 bits per heavy atom. The molecule has 0 aliphatic heterocycles. The molecule has 3 nitrogen and oxygen atoms in total. The van der Waals surface area contributed by atoms with Gasteiger partial charge in [-0.15, -0.1) is 0 Å². The number of nitrogens with zero attached hydrogens (tertiary/aromatic N) is 1. The molecule has 2 aromatic carbocycles. The first-order chi connectivity index (χ1) is 11.8. The quantitative estimate of drug-likeness (QED) is 0.549. The number of ether oxygens (including phenoxy) is 1. The fourth-order valence-electron chi connectivity index (χ4n) is 2.45. The average molecular weight is 343 g/mol. The molecule has 1 N–H and O–H groups in total. The molecule has 128 valence electrons. The number of benzene rings is 2. The average Bonchev–Trinajstić information content (AvgIpc) is 2.63. The molecule has 0 aromatic heterocycles. The summed E-state index contributed by atoms with van der Waals surface area (Å²) in [5.41, 5.74) is 2.44. The van der Waals surface area contributed by atoms with Gasteiger partial charge in [0.1, 0.15) is 0 Å². The molecule has 0 amide bonds. The van der Waals surface area contributed by atoms with Gasteiger partial charge in [-0.25, -0.2) is 0 Å². The van der Waals surface area contributed by atoms with Gasteiger partial charge in [-0.3, -0.25) is 0 Å². The van der Waals surface area contributed by atoms with Crippen molar-refractivity contribution in [3.8, 4) is 0 Å². The van der Waals surface area contributed by atoms with Gasteiger partial charge in [0.15, 0.2) is 5.11 Å². The summed E-state index contributed by atoms with van der Waals surface area (Å²) in [5, 5.41) is 4.13. The van der Waals surface area contributed by atoms with Crippen molar-refractivity contribution in [2.24, 2.45) is 0 Å². The van der Waals surface area contributed by atoms with Gasteiger partial charge in [-0.2, -0.15) is 0 Å². The Labute approximate surface area is 150 Å². The molecule has 0 saturated carbocycles. The van der Waals surface area contributed by atoms with E-state index in [1.807, 2.05) is 31.2 Å². The molecule has 2 aromatic rings. The van der Waals surface area contributed by atoms with Crippen molar-refractivity contribution in [1.29, 1.82) is 0 Å². The summed E-state index contributed by atoms with van der Waals surface area (Å²) in [6.45, 7) is 5.22. The Morgan fingerprint density at radius 3 is 2.38 bits per heavy atom. The third-order valence-electron chi connectivity index (χ3n) is 3.73. The van der Waals surface area contributed by atoms with Gasteiger partial charge >= 0.3 is 0 Å². The molecule has 0 spiro atoms. The van der Waals surface area contributed by atoms with E-state index < -0.39 is 0 Å². The van der Waals surface area contributed by atoms with Crippen LogP contribution in [-0.4, -0.2) is 31.4 Å². The number of thiocarbonyl (C=S) groups is 1. The normalized spacial score (nSPS) is 10.4. The van der Waals surface area contributed by atoms with E-state index in [0.29, 0.717) is 0 Å². The summed E-state index contributed by atoms with van der Waals surface area (Å²) in [6, 6.07) is 20.8. The highest BCUT2D eigenvalue weighted by Gasteiger charge is 2.11. The molecule has 2 rings (SSSR count). The summed E-state index contributed by atoms with van der Waals surface area (Å²) >= 11 is 5.62. The van der Waals surface area contributed by atoms with Gasteiger partial charge < -0.3 is 15.0 Å². The second-order valence-electron chi connectivity index (χ2n) is 5.51. The molecular formula is C20H26N2OS. The van der Waals surface area contributed by atoms with Crippen LogP contribution in [0.1, 0.15) is 18.9 Å². The van der Waals surface area contributed by atoms with E-state index in [-0.39, 0.29) is 0 Å². The Morgan fingerprint density at radius 1 is 1.04 bits per heavy atom. The van der Waals surface area contributed by atoms with Gasteiger partial charge in [0.2, 0.25) is 0 Å². The van der Waals surface area contributed by atoms with Crippen LogP contribution >= 0.6 is 12.2 Å². The van der Waals surface area contributed by atoms with E-state index in [4.69, 9.17) is 17.0 Å². The molecule has 0 heterocycles. The summed E-state index contributed by atoms with van der Waals surface area (Å²) in [7, 11) is 0. The van der Waals surface area contributed by atoms with Crippen LogP contribution in [0.5, 0.6) is 0 Å². The molecule has 0 radical (unpaired) electrons. The summed E-state index contributed by atoms with van der Waals surface area (Å²) in [6.07, 6.45) is 1.91. The van der Waals surface area contributed by atoms with Crippen LogP contribution in [0, 0.1) is 0 Å². The zero-order valence-corrected chi connectivity index (χ0v) is 15.1. The smallest absolute Gasteiger partial charge is 0.173 e. The second kappa shape index (κ2) is 10.8. The fourth-order valence-corrected chi connectivity index (χ4v) is 2.75. The zero-order chi connectivity index (χ0) is 17.0. The summed E-state index contributed by atoms with van der Waals surface area (Å²) in [4.78, 5) is 2.17. The van der Waals surface area contributed by atoms with Gasteiger partial charge in [0.25, 0.3) is 0 Å². The van der Waals surface area contributed by atoms with Crippen molar-refractivity contribution < 1.29 is 4.74 Å². The van der Waals surface area contributed by atoms with Crippen LogP contribution < -0.4 is 10.2 Å². The summed E-state index contributed by atoms with van der Waals surface area (Å²) in [5.74, 6) is 0. The van der Waals surface area contributed by atoms with Crippen LogP contribution in [0.15, 0.2) is 60.7 Å². The van der Waals surface area contributed by atoms with Crippen LogP contribution in [0.4, 0.5) is 5.69 Å². The monoisotopic (exact) mass is 342 g/mol. The van der Waals surface area contributed by atoms with E-state index in [9.17, 15) is 0 Å². The van der Waals surface area contributed by atoms with Gasteiger partial charge in [-0.1, -0.05) is 48.5 Å². The molecule has 0 atom stereocenters. The van der Waals surface area contributed by atoms with E-state index >= 15 is 0 Å². The van der Waals surface area contributed by atoms with Crippen molar-refractivity contribution in [1.82, 2.24) is 5.32 Å². The lowest BCUT2D eigenvalue weighted by atomic mass is 10.1. The molecule has 0 aliphatic carbocycles. The van der Waals surface area contributed by atoms with Gasteiger partial charge in [-0.05, 0) is 49.7 Å². The van der Waals surface area contributed by atoms with Crippen molar-refractivity contribution in [3.05, 3.63) is 66.2 Å². The van der Waals surface area contributed by atoms with E-state index in [1.54, 1.807) is 0 Å². The second-order valence-corrected chi connectivity index (χ2v) is 5.89. The SMILES string of the molecule is CCOCCCNC(=S)N(CCc1ccccc1)c1ccccc1. The standard InChI is InChI=1S/C20H26N2OS/c1-2-23-17-9-15-21-20(24)22(19-12-7-4-8-13-19)16-14-18-10-5-3-6-11-18/h3-8,10-13H,2,9,14-17H2,1H3,(H,21,24). The molecule has 4 heteroatoms. The lowest BCUT2D eigenvalue weighted by Gasteiger charge is -2.26. The molecular weight excluding hydrogens is 316 g/mol. The zero-order valence-electron chi connectivity index (χ0n) is 14.3. The van der Waals surface area contributed by atoms with Crippen LogP contribution in [0.2, 0.25) is 0 Å². The van der Waals surface area contributed by atoms with E-state index in [0.717, 1.165) is 49.9 Å². The predicted octanol–water partition coefficient (Wildman–Crippen LogP) is 4.04. The van der Waals surface area contributed by atoms with E-state index in [1.165, 1.54) is 5.56 Å². The minimum atomic E-state index is 0.762. The highest BCUT2D eigenvalue weighted by atomic mass is 32.1. The van der Waals surface area contributed by atoms with Crippen molar-refractivity contribution >= 4 is 23.0 Å². The molecule has 0 unspecified atom stereocenters. The number of para-hydroxylation sites is 1. The predicted molar refractivity (Wildman–Crippen MR) is 106 cm³/mol. The number of anilines is 1. The van der Waals surface area contributed by atoms with E-state index in [2.05, 4.69) is 46.6 Å². The van der Waals surface area contributed by atoms with Crippen LogP contribution in [-0.2, 0) is 11.2 Å². The van der Waals surface area contributed by atoms with Crippen LogP contribution in [0.3, 0.4) is 0 Å². The third-order valence-corrected chi connectivity index (χ3v) is 4.09. The minimum Gasteiger partial charge on any atom is -0.382 e. The first kappa shape index (κ1) is 18.4. The largest absolute Gasteiger partial charge is 0.382 e. The molecule has 24 heavy (non-hydrogen) atoms. The maximum absolute atomic E-state index is 5.62. The van der Waals surface area contributed by atoms with Crippen molar-refractivity contribution in [3.63, 3.8) is 0 Å². The number of hydrogen-bond acceptors (Lipinski definition) is 2. The Bertz CT molecular complexity index is 589. The van der Waals surface area contributed by atoms with Gasteiger partial charge in [0.05, 0.1) is 0 Å². The summed E-state index contributed by atoms with van der Waals surface area (Å²) < 4.78 is 5.37. The molecule has 0 aliphatic rings. The van der Waals surface area contributed by atoms with Gasteiger partial charge in [0, 0.05) is 32.0 Å². The molecule has 0 fully saturated rings. The van der Waals surface area contributed by atoms with Crippen molar-refractivity contribution in [2.45, 2.75) is 19.8 Å². The van der Waals surface area contributed by atoms with Crippen molar-refractivity contribution in [2.75, 3.05) is 31.2 Å². The first-order valence-corrected chi connectivity index (χ1v) is 8.94. The number of hydrogen-bond donors (Lipinski definition) is 1. The number of nitrogens with one attached hydrogen (secondary N) is 1. The Balaban J connectivity index is 1.94. The molecule has 0 bridgehead atoms. The maximum atomic E-state index is 5.62. The maximum Gasteiger partial charge on any atom is 0.173 e. The Hall–Kier alpha value is -1.91. The lowest BCUT2D eigenvalue weighted by molar-refractivity contribution is 0.146. The first-order valence-electron chi connectivity index (χ1n) is 8.53. The number of rotatable bonds is 9. The molecule has 0 saturated heterocycles. The lowest BCUT2D eigenvalue weighted by Crippen LogP contribution is -2.41.